The van der Waals surface area contributed by atoms with Crippen LogP contribution in [0.4, 0.5) is 5.69 Å². The van der Waals surface area contributed by atoms with Gasteiger partial charge in [-0.2, -0.15) is 0 Å². The van der Waals surface area contributed by atoms with E-state index in [0.29, 0.717) is 43.0 Å². The average molecular weight is 413 g/mol. The molecule has 2 saturated heterocycles. The molecule has 0 bridgehead atoms. The lowest BCUT2D eigenvalue weighted by molar-refractivity contribution is -0.122. The zero-order valence-corrected chi connectivity index (χ0v) is 17.1. The highest BCUT2D eigenvalue weighted by Crippen LogP contribution is 2.34. The van der Waals surface area contributed by atoms with Crippen LogP contribution in [0, 0.1) is 0 Å². The summed E-state index contributed by atoms with van der Waals surface area (Å²) in [5.74, 6) is 0.292. The fourth-order valence-corrected chi connectivity index (χ4v) is 4.60. The summed E-state index contributed by atoms with van der Waals surface area (Å²) < 4.78 is 0. The number of carbonyl (C=O) groups is 3. The van der Waals surface area contributed by atoms with Crippen molar-refractivity contribution >= 4 is 29.4 Å². The molecule has 0 radical (unpaired) electrons. The molecule has 2 heterocycles. The summed E-state index contributed by atoms with van der Waals surface area (Å²) in [5, 5.41) is 3.31. The van der Waals surface area contributed by atoms with Crippen LogP contribution < -0.4 is 10.2 Å². The van der Waals surface area contributed by atoms with E-state index in [1.807, 2.05) is 59.5 Å². The van der Waals surface area contributed by atoms with E-state index >= 15 is 0 Å². The van der Waals surface area contributed by atoms with E-state index in [9.17, 15) is 14.4 Å². The fourth-order valence-electron chi connectivity index (χ4n) is 4.60. The molecule has 0 spiro atoms. The van der Waals surface area contributed by atoms with Gasteiger partial charge in [-0.05, 0) is 36.6 Å². The van der Waals surface area contributed by atoms with Crippen LogP contribution in [0.15, 0.2) is 77.6 Å². The van der Waals surface area contributed by atoms with Gasteiger partial charge in [0.15, 0.2) is 5.78 Å². The molecule has 6 nitrogen and oxygen atoms in total. The van der Waals surface area contributed by atoms with Crippen molar-refractivity contribution in [1.82, 2.24) is 10.2 Å². The maximum atomic E-state index is 13.2. The highest BCUT2D eigenvalue weighted by molar-refractivity contribution is 6.22. The number of nitrogens with zero attached hydrogens (tertiary/aromatic N) is 2. The maximum absolute atomic E-state index is 13.2. The molecule has 3 fully saturated rings. The van der Waals surface area contributed by atoms with Gasteiger partial charge in [-0.3, -0.25) is 14.4 Å². The molecule has 2 amide bonds. The van der Waals surface area contributed by atoms with Gasteiger partial charge < -0.3 is 10.2 Å². The fraction of sp³-hybridized carbons (Fsp3) is 0.240. The van der Waals surface area contributed by atoms with Crippen LogP contribution in [0.5, 0.6) is 0 Å². The van der Waals surface area contributed by atoms with Gasteiger partial charge in [0, 0.05) is 24.2 Å². The molecule has 1 saturated carbocycles. The number of benzene rings is 2. The molecule has 1 N–H and O–H groups in total. The van der Waals surface area contributed by atoms with E-state index in [0.717, 1.165) is 11.1 Å². The first-order valence-electron chi connectivity index (χ1n) is 10.6. The molecule has 2 aromatic rings. The zero-order chi connectivity index (χ0) is 21.4. The first kappa shape index (κ1) is 19.3. The summed E-state index contributed by atoms with van der Waals surface area (Å²) in [6.45, 7) is 1.24. The Balaban J connectivity index is 1.42. The van der Waals surface area contributed by atoms with Crippen molar-refractivity contribution in [2.45, 2.75) is 25.3 Å². The Labute approximate surface area is 180 Å². The van der Waals surface area contributed by atoms with Gasteiger partial charge in [0.25, 0.3) is 5.91 Å². The third kappa shape index (κ3) is 3.44. The quantitative estimate of drug-likeness (QED) is 0.619. The molecule has 1 atom stereocenters. The normalized spacial score (nSPS) is 25.1. The number of imide groups is 1. The number of ketones is 1. The maximum Gasteiger partial charge on any atom is 0.257 e. The van der Waals surface area contributed by atoms with E-state index < -0.39 is 6.04 Å². The van der Waals surface area contributed by atoms with E-state index in [1.165, 1.54) is 4.90 Å². The number of para-hydroxylation sites is 1. The number of allylic oxidation sites excluding steroid dienone is 2. The van der Waals surface area contributed by atoms with Crippen molar-refractivity contribution in [3.63, 3.8) is 0 Å². The largest absolute Gasteiger partial charge is 0.370 e. The topological polar surface area (TPSA) is 69.7 Å². The van der Waals surface area contributed by atoms with Crippen LogP contribution >= 0.6 is 0 Å². The Morgan fingerprint density at radius 3 is 2.35 bits per heavy atom. The van der Waals surface area contributed by atoms with Gasteiger partial charge >= 0.3 is 0 Å². The van der Waals surface area contributed by atoms with E-state index in [2.05, 4.69) is 5.32 Å². The molecule has 1 aliphatic carbocycles. The predicted molar refractivity (Wildman–Crippen MR) is 118 cm³/mol. The van der Waals surface area contributed by atoms with Gasteiger partial charge in [0.2, 0.25) is 5.91 Å². The third-order valence-corrected chi connectivity index (χ3v) is 6.08. The summed E-state index contributed by atoms with van der Waals surface area (Å²) in [7, 11) is 0. The lowest BCUT2D eigenvalue weighted by Crippen LogP contribution is -2.41. The first-order valence-corrected chi connectivity index (χ1v) is 10.6. The first-order chi connectivity index (χ1) is 15.1. The van der Waals surface area contributed by atoms with Gasteiger partial charge in [-0.15, -0.1) is 0 Å². The van der Waals surface area contributed by atoms with Crippen LogP contribution in [0.3, 0.4) is 0 Å². The molecule has 1 unspecified atom stereocenters. The molecule has 2 aliphatic heterocycles. The highest BCUT2D eigenvalue weighted by atomic mass is 16.2. The zero-order valence-electron chi connectivity index (χ0n) is 17.1. The molecule has 156 valence electrons. The van der Waals surface area contributed by atoms with Crippen molar-refractivity contribution in [2.75, 3.05) is 18.0 Å². The Hall–Kier alpha value is -3.67. The van der Waals surface area contributed by atoms with Crippen molar-refractivity contribution in [1.29, 1.82) is 0 Å². The predicted octanol–water partition coefficient (Wildman–Crippen LogP) is 2.88. The lowest BCUT2D eigenvalue weighted by Gasteiger charge is -2.26. The number of carbonyl (C=O) groups excluding carboxylic acids is 3. The minimum atomic E-state index is -0.583. The SMILES string of the molecule is O=C1C(=C2NCCN2C2CC(=O)N(c3ccccc3)C2=O)CC/C1=C\c1ccccc1. The Kier molecular flexibility index (Phi) is 4.90. The minimum Gasteiger partial charge on any atom is -0.370 e. The summed E-state index contributed by atoms with van der Waals surface area (Å²) in [4.78, 5) is 42.2. The highest BCUT2D eigenvalue weighted by Gasteiger charge is 2.45. The van der Waals surface area contributed by atoms with E-state index in [-0.39, 0.29) is 24.0 Å². The molecule has 2 aromatic carbocycles. The van der Waals surface area contributed by atoms with Crippen LogP contribution in [0.25, 0.3) is 6.08 Å². The smallest absolute Gasteiger partial charge is 0.257 e. The Morgan fingerprint density at radius 1 is 0.903 bits per heavy atom. The van der Waals surface area contributed by atoms with Gasteiger partial charge in [-0.25, -0.2) is 4.90 Å². The second kappa shape index (κ2) is 7.87. The molecule has 6 heteroatoms. The van der Waals surface area contributed by atoms with Crippen LogP contribution in [0.2, 0.25) is 0 Å². The number of rotatable bonds is 3. The van der Waals surface area contributed by atoms with Gasteiger partial charge in [-0.1, -0.05) is 48.5 Å². The molecule has 31 heavy (non-hydrogen) atoms. The summed E-state index contributed by atoms with van der Waals surface area (Å²) in [6.07, 6.45) is 3.37. The summed E-state index contributed by atoms with van der Waals surface area (Å²) in [5.41, 5.74) is 3.08. The molecule has 3 aliphatic rings. The second-order valence-electron chi connectivity index (χ2n) is 7.98. The number of hydrogen-bond acceptors (Lipinski definition) is 5. The molecular weight excluding hydrogens is 390 g/mol. The van der Waals surface area contributed by atoms with Gasteiger partial charge in [0.05, 0.1) is 12.1 Å². The number of nitrogens with one attached hydrogen (secondary N) is 1. The average Bonchev–Trinajstić information content (AvgIpc) is 3.47. The number of amides is 2. The van der Waals surface area contributed by atoms with Gasteiger partial charge in [0.1, 0.15) is 11.9 Å². The van der Waals surface area contributed by atoms with Crippen LogP contribution in [-0.4, -0.2) is 41.6 Å². The third-order valence-electron chi connectivity index (χ3n) is 6.08. The number of Topliss-reactive ketones (excluding diaryl/α,β-unsaturated/α-hetero) is 1. The monoisotopic (exact) mass is 413 g/mol. The lowest BCUT2D eigenvalue weighted by atomic mass is 10.1. The Bertz CT molecular complexity index is 1110. The molecule has 5 rings (SSSR count). The standard InChI is InChI=1S/C25H23N3O3/c29-22-16-21(25(31)28(22)19-9-5-2-6-10-19)27-14-13-26-24(27)20-12-11-18(23(20)30)15-17-7-3-1-4-8-17/h1-10,15,21,26H,11-14,16H2/b18-15+,24-20?. The number of hydrogen-bond donors (Lipinski definition) is 1. The van der Waals surface area contributed by atoms with Crippen molar-refractivity contribution in [3.05, 3.63) is 83.2 Å². The number of anilines is 1. The van der Waals surface area contributed by atoms with E-state index in [4.69, 9.17) is 0 Å². The van der Waals surface area contributed by atoms with Crippen LogP contribution in [-0.2, 0) is 14.4 Å². The summed E-state index contributed by atoms with van der Waals surface area (Å²) >= 11 is 0. The summed E-state index contributed by atoms with van der Waals surface area (Å²) in [6, 6.07) is 18.2. The Morgan fingerprint density at radius 2 is 1.61 bits per heavy atom. The van der Waals surface area contributed by atoms with Crippen molar-refractivity contribution in [2.24, 2.45) is 0 Å². The van der Waals surface area contributed by atoms with Crippen molar-refractivity contribution < 1.29 is 14.4 Å². The molecular formula is C25H23N3O3. The van der Waals surface area contributed by atoms with Crippen LogP contribution in [0.1, 0.15) is 24.8 Å². The minimum absolute atomic E-state index is 0.0231. The second-order valence-corrected chi connectivity index (χ2v) is 7.98. The van der Waals surface area contributed by atoms with Crippen molar-refractivity contribution in [3.8, 4) is 0 Å². The van der Waals surface area contributed by atoms with E-state index in [1.54, 1.807) is 12.1 Å². The molecule has 0 aromatic heterocycles.